The van der Waals surface area contributed by atoms with Crippen LogP contribution >= 0.6 is 39.7 Å². The molecule has 0 unspecified atom stereocenters. The standard InChI is InChI=1S/C20H24BrN5O2S.ClH/c1-2-26-17(6-7-22-26)19(27)25(9-3-8-24-10-12-28-13-11-24)20-23-16-5-4-15(21)14-18(16)29-20;/h4-7,14H,2-3,8-13H2,1H3;1H. The number of nitrogens with zero attached hydrogens (tertiary/aromatic N) is 5. The molecule has 30 heavy (non-hydrogen) atoms. The summed E-state index contributed by atoms with van der Waals surface area (Å²) in [6.45, 7) is 7.67. The Morgan fingerprint density at radius 3 is 2.87 bits per heavy atom. The molecular formula is C20H25BrClN5O2S. The molecule has 0 aliphatic carbocycles. The molecule has 0 N–H and O–H groups in total. The number of benzene rings is 1. The van der Waals surface area contributed by atoms with Crippen LogP contribution < -0.4 is 4.90 Å². The number of fused-ring (bicyclic) bond motifs is 1. The van der Waals surface area contributed by atoms with Crippen LogP contribution in [0.5, 0.6) is 0 Å². The van der Waals surface area contributed by atoms with E-state index in [9.17, 15) is 4.79 Å². The number of aryl methyl sites for hydroxylation is 1. The van der Waals surface area contributed by atoms with Crippen LogP contribution in [0.15, 0.2) is 34.9 Å². The van der Waals surface area contributed by atoms with Gasteiger partial charge in [0, 0.05) is 43.4 Å². The van der Waals surface area contributed by atoms with Crippen molar-refractivity contribution in [3.63, 3.8) is 0 Å². The summed E-state index contributed by atoms with van der Waals surface area (Å²) in [6, 6.07) is 7.78. The summed E-state index contributed by atoms with van der Waals surface area (Å²) in [5.41, 5.74) is 1.50. The van der Waals surface area contributed by atoms with Crippen LogP contribution in [0.1, 0.15) is 23.8 Å². The van der Waals surface area contributed by atoms with Gasteiger partial charge in [0.05, 0.1) is 23.4 Å². The van der Waals surface area contributed by atoms with Crippen LogP contribution in [-0.4, -0.2) is 65.0 Å². The van der Waals surface area contributed by atoms with Crippen LogP contribution in [0.2, 0.25) is 0 Å². The topological polar surface area (TPSA) is 63.5 Å². The number of rotatable bonds is 7. The van der Waals surface area contributed by atoms with E-state index < -0.39 is 0 Å². The van der Waals surface area contributed by atoms with E-state index in [0.29, 0.717) is 18.8 Å². The van der Waals surface area contributed by atoms with Crippen LogP contribution in [0.25, 0.3) is 10.2 Å². The zero-order valence-corrected chi connectivity index (χ0v) is 20.0. The predicted octanol–water partition coefficient (Wildman–Crippen LogP) is 4.07. The van der Waals surface area contributed by atoms with Crippen LogP contribution in [0.3, 0.4) is 0 Å². The molecule has 1 fully saturated rings. The summed E-state index contributed by atoms with van der Waals surface area (Å²) in [5.74, 6) is -0.0514. The Morgan fingerprint density at radius 2 is 2.10 bits per heavy atom. The van der Waals surface area contributed by atoms with Gasteiger partial charge >= 0.3 is 0 Å². The first kappa shape index (κ1) is 23.1. The maximum atomic E-state index is 13.4. The highest BCUT2D eigenvalue weighted by Gasteiger charge is 2.24. The van der Waals surface area contributed by atoms with Gasteiger partial charge in [0.15, 0.2) is 5.13 Å². The molecule has 4 rings (SSSR count). The Kier molecular flexibility index (Phi) is 8.24. The Hall–Kier alpha value is -1.52. The number of hydrogen-bond donors (Lipinski definition) is 0. The normalized spacial score (nSPS) is 14.6. The minimum atomic E-state index is -0.0514. The van der Waals surface area contributed by atoms with Crippen molar-refractivity contribution in [3.8, 4) is 0 Å². The summed E-state index contributed by atoms with van der Waals surface area (Å²) >= 11 is 5.06. The van der Waals surface area contributed by atoms with E-state index in [1.54, 1.807) is 28.3 Å². The molecule has 10 heteroatoms. The monoisotopic (exact) mass is 513 g/mol. The Labute approximate surface area is 194 Å². The van der Waals surface area contributed by atoms with Crippen molar-refractivity contribution in [1.29, 1.82) is 0 Å². The summed E-state index contributed by atoms with van der Waals surface area (Å²) in [4.78, 5) is 22.3. The molecule has 0 atom stereocenters. The lowest BCUT2D eigenvalue weighted by molar-refractivity contribution is 0.0376. The van der Waals surface area contributed by atoms with Gasteiger partial charge in [-0.05, 0) is 37.6 Å². The number of carbonyl (C=O) groups excluding carboxylic acids is 1. The molecule has 7 nitrogen and oxygen atoms in total. The maximum absolute atomic E-state index is 13.4. The summed E-state index contributed by atoms with van der Waals surface area (Å²) in [6.07, 6.45) is 2.56. The third-order valence-corrected chi connectivity index (χ3v) is 6.54. The first-order valence-corrected chi connectivity index (χ1v) is 11.5. The van der Waals surface area contributed by atoms with Crippen molar-refractivity contribution < 1.29 is 9.53 Å². The van der Waals surface area contributed by atoms with E-state index >= 15 is 0 Å². The second kappa shape index (κ2) is 10.7. The highest BCUT2D eigenvalue weighted by molar-refractivity contribution is 9.10. The molecule has 1 aliphatic heterocycles. The molecule has 162 valence electrons. The number of morpholine rings is 1. The molecule has 3 aromatic rings. The fraction of sp³-hybridized carbons (Fsp3) is 0.450. The Bertz CT molecular complexity index is 989. The second-order valence-electron chi connectivity index (χ2n) is 6.91. The second-order valence-corrected chi connectivity index (χ2v) is 8.83. The Balaban J connectivity index is 0.00000256. The zero-order valence-electron chi connectivity index (χ0n) is 16.8. The molecule has 1 amide bonds. The smallest absolute Gasteiger partial charge is 0.278 e. The summed E-state index contributed by atoms with van der Waals surface area (Å²) in [7, 11) is 0. The van der Waals surface area contributed by atoms with E-state index in [2.05, 4.69) is 25.9 Å². The number of aromatic nitrogens is 3. The lowest BCUT2D eigenvalue weighted by Crippen LogP contribution is -2.39. The molecule has 1 saturated heterocycles. The van der Waals surface area contributed by atoms with Gasteiger partial charge in [-0.2, -0.15) is 5.10 Å². The molecule has 1 aromatic carbocycles. The van der Waals surface area contributed by atoms with Crippen molar-refractivity contribution in [2.24, 2.45) is 0 Å². The van der Waals surface area contributed by atoms with Crippen molar-refractivity contribution in [1.82, 2.24) is 19.7 Å². The van der Waals surface area contributed by atoms with Gasteiger partial charge in [-0.1, -0.05) is 27.3 Å². The van der Waals surface area contributed by atoms with E-state index in [0.717, 1.165) is 59.1 Å². The van der Waals surface area contributed by atoms with Gasteiger partial charge in [0.1, 0.15) is 5.69 Å². The quantitative estimate of drug-likeness (QED) is 0.476. The minimum Gasteiger partial charge on any atom is -0.379 e. The third-order valence-electron chi connectivity index (χ3n) is 5.01. The maximum Gasteiger partial charge on any atom is 0.278 e. The largest absolute Gasteiger partial charge is 0.379 e. The fourth-order valence-corrected chi connectivity index (χ4v) is 5.01. The molecule has 3 heterocycles. The first-order valence-electron chi connectivity index (χ1n) is 9.85. The van der Waals surface area contributed by atoms with Gasteiger partial charge in [-0.25, -0.2) is 4.98 Å². The number of halogens is 2. The first-order chi connectivity index (χ1) is 14.2. The predicted molar refractivity (Wildman–Crippen MR) is 126 cm³/mol. The number of ether oxygens (including phenoxy) is 1. The minimum absolute atomic E-state index is 0. The summed E-state index contributed by atoms with van der Waals surface area (Å²) < 4.78 is 9.23. The van der Waals surface area contributed by atoms with Crippen LogP contribution in [0, 0.1) is 0 Å². The number of carbonyl (C=O) groups is 1. The van der Waals surface area contributed by atoms with Gasteiger partial charge in [-0.15, -0.1) is 12.4 Å². The fourth-order valence-electron chi connectivity index (χ4n) is 3.47. The molecular weight excluding hydrogens is 490 g/mol. The summed E-state index contributed by atoms with van der Waals surface area (Å²) in [5, 5.41) is 4.99. The lowest BCUT2D eigenvalue weighted by atomic mass is 10.3. The molecule has 0 bridgehead atoms. The van der Waals surface area contributed by atoms with E-state index in [1.807, 2.05) is 30.0 Å². The molecule has 0 radical (unpaired) electrons. The van der Waals surface area contributed by atoms with Crippen molar-refractivity contribution >= 4 is 60.9 Å². The SMILES string of the molecule is CCn1nccc1C(=O)N(CCCN1CCOCC1)c1nc2ccc(Br)cc2s1.Cl. The third kappa shape index (κ3) is 5.20. The highest BCUT2D eigenvalue weighted by Crippen LogP contribution is 2.31. The van der Waals surface area contributed by atoms with Gasteiger partial charge in [-0.3, -0.25) is 19.3 Å². The van der Waals surface area contributed by atoms with E-state index in [-0.39, 0.29) is 18.3 Å². The highest BCUT2D eigenvalue weighted by atomic mass is 79.9. The number of amides is 1. The van der Waals surface area contributed by atoms with E-state index in [1.165, 1.54) is 0 Å². The average Bonchev–Trinajstić information content (AvgIpc) is 3.37. The number of anilines is 1. The number of hydrogen-bond acceptors (Lipinski definition) is 6. The van der Waals surface area contributed by atoms with E-state index in [4.69, 9.17) is 9.72 Å². The van der Waals surface area contributed by atoms with Crippen LogP contribution in [0.4, 0.5) is 5.13 Å². The molecule has 2 aromatic heterocycles. The zero-order chi connectivity index (χ0) is 20.2. The van der Waals surface area contributed by atoms with Gasteiger partial charge in [0.25, 0.3) is 5.91 Å². The number of thiazole rings is 1. The van der Waals surface area contributed by atoms with Crippen molar-refractivity contribution in [2.75, 3.05) is 44.3 Å². The van der Waals surface area contributed by atoms with Crippen molar-refractivity contribution in [2.45, 2.75) is 19.9 Å². The van der Waals surface area contributed by atoms with Crippen molar-refractivity contribution in [3.05, 3.63) is 40.6 Å². The van der Waals surface area contributed by atoms with Gasteiger partial charge < -0.3 is 4.74 Å². The van der Waals surface area contributed by atoms with Gasteiger partial charge in [0.2, 0.25) is 0 Å². The average molecular weight is 515 g/mol. The molecule has 1 aliphatic rings. The molecule has 0 spiro atoms. The van der Waals surface area contributed by atoms with Crippen LogP contribution in [-0.2, 0) is 11.3 Å². The molecule has 0 saturated carbocycles. The lowest BCUT2D eigenvalue weighted by Gasteiger charge is -2.27. The Morgan fingerprint density at radius 1 is 1.30 bits per heavy atom.